The predicted octanol–water partition coefficient (Wildman–Crippen LogP) is 2.90. The van der Waals surface area contributed by atoms with Crippen LogP contribution in [0.1, 0.15) is 65.7 Å². The van der Waals surface area contributed by atoms with E-state index in [-0.39, 0.29) is 35.3 Å². The first kappa shape index (κ1) is 18.8. The van der Waals surface area contributed by atoms with E-state index in [1.807, 2.05) is 20.8 Å². The van der Waals surface area contributed by atoms with E-state index in [0.717, 1.165) is 44.9 Å². The van der Waals surface area contributed by atoms with Crippen LogP contribution in [0.3, 0.4) is 0 Å². The minimum Gasteiger partial charge on any atom is -0.444 e. The van der Waals surface area contributed by atoms with Crippen LogP contribution >= 0.6 is 0 Å². The molecule has 0 spiro atoms. The summed E-state index contributed by atoms with van der Waals surface area (Å²) >= 11 is 0. The molecular formula is C21H32N2O4. The highest BCUT2D eigenvalue weighted by molar-refractivity contribution is 5.91. The molecule has 27 heavy (non-hydrogen) atoms. The molecule has 1 heterocycles. The second-order valence-corrected chi connectivity index (χ2v) is 10.3. The van der Waals surface area contributed by atoms with Crippen LogP contribution in [0.15, 0.2) is 0 Å². The Balaban J connectivity index is 1.38. The first-order valence-electron chi connectivity index (χ1n) is 10.5. The van der Waals surface area contributed by atoms with Crippen molar-refractivity contribution < 1.29 is 19.1 Å². The van der Waals surface area contributed by atoms with Gasteiger partial charge in [0.1, 0.15) is 11.4 Å². The fourth-order valence-electron chi connectivity index (χ4n) is 5.95. The van der Waals surface area contributed by atoms with Crippen molar-refractivity contribution in [2.24, 2.45) is 23.2 Å². The molecule has 3 atom stereocenters. The molecule has 2 amide bonds. The fraction of sp³-hybridized carbons (Fsp3) is 0.857. The van der Waals surface area contributed by atoms with E-state index in [4.69, 9.17) is 4.74 Å². The van der Waals surface area contributed by atoms with Gasteiger partial charge in [0.15, 0.2) is 0 Å². The normalized spacial score (nSPS) is 38.0. The maximum atomic E-state index is 13.2. The quantitative estimate of drug-likeness (QED) is 0.804. The highest BCUT2D eigenvalue weighted by Crippen LogP contribution is 2.58. The van der Waals surface area contributed by atoms with E-state index in [1.54, 1.807) is 4.90 Å². The van der Waals surface area contributed by atoms with Crippen LogP contribution in [0, 0.1) is 23.2 Å². The van der Waals surface area contributed by atoms with Crippen molar-refractivity contribution in [3.8, 4) is 0 Å². The van der Waals surface area contributed by atoms with Crippen molar-refractivity contribution in [2.45, 2.75) is 77.4 Å². The zero-order valence-corrected chi connectivity index (χ0v) is 16.8. The molecule has 1 saturated heterocycles. The van der Waals surface area contributed by atoms with Crippen LogP contribution in [-0.2, 0) is 14.3 Å². The molecule has 5 fully saturated rings. The lowest BCUT2D eigenvalue weighted by atomic mass is 9.49. The van der Waals surface area contributed by atoms with Crippen molar-refractivity contribution in [2.75, 3.05) is 13.1 Å². The molecule has 1 aliphatic heterocycles. The minimum absolute atomic E-state index is 0.0255. The third kappa shape index (κ3) is 3.59. The summed E-state index contributed by atoms with van der Waals surface area (Å²) in [5, 5.41) is 3.24. The van der Waals surface area contributed by atoms with Crippen LogP contribution < -0.4 is 5.32 Å². The third-order valence-corrected chi connectivity index (χ3v) is 6.88. The van der Waals surface area contributed by atoms with Gasteiger partial charge in [0.05, 0.1) is 5.41 Å². The molecule has 5 aliphatic rings. The van der Waals surface area contributed by atoms with Crippen LogP contribution in [-0.4, -0.2) is 47.4 Å². The topological polar surface area (TPSA) is 75.7 Å². The van der Waals surface area contributed by atoms with Crippen molar-refractivity contribution in [1.29, 1.82) is 0 Å². The summed E-state index contributed by atoms with van der Waals surface area (Å²) in [5.41, 5.74) is -0.863. The van der Waals surface area contributed by atoms with Gasteiger partial charge in [0.2, 0.25) is 5.91 Å². The molecule has 0 radical (unpaired) electrons. The number of carbonyl (C=O) groups is 3. The number of likely N-dealkylation sites (tertiary alicyclic amines) is 1. The van der Waals surface area contributed by atoms with Crippen LogP contribution in [0.25, 0.3) is 0 Å². The molecule has 150 valence electrons. The first-order valence-corrected chi connectivity index (χ1v) is 10.5. The summed E-state index contributed by atoms with van der Waals surface area (Å²) in [6, 6.07) is -0.0255. The monoisotopic (exact) mass is 376 g/mol. The number of ether oxygens (including phenoxy) is 1. The predicted molar refractivity (Wildman–Crippen MR) is 100.0 cm³/mol. The van der Waals surface area contributed by atoms with Crippen LogP contribution in [0.2, 0.25) is 0 Å². The van der Waals surface area contributed by atoms with Gasteiger partial charge in [-0.3, -0.25) is 9.59 Å². The number of amides is 2. The van der Waals surface area contributed by atoms with Gasteiger partial charge in [-0.15, -0.1) is 0 Å². The summed E-state index contributed by atoms with van der Waals surface area (Å²) in [6.45, 7) is 6.77. The summed E-state index contributed by atoms with van der Waals surface area (Å²) in [6.07, 6.45) is 5.81. The number of piperidine rings is 1. The average molecular weight is 376 g/mol. The van der Waals surface area contributed by atoms with Gasteiger partial charge in [0.25, 0.3) is 0 Å². The lowest BCUT2D eigenvalue weighted by Gasteiger charge is -2.54. The summed E-state index contributed by atoms with van der Waals surface area (Å²) in [7, 11) is 0. The number of nitrogens with zero attached hydrogens (tertiary/aromatic N) is 1. The number of nitrogens with one attached hydrogen (secondary N) is 1. The van der Waals surface area contributed by atoms with Gasteiger partial charge in [-0.25, -0.2) is 4.79 Å². The molecule has 4 saturated carbocycles. The standard InChI is InChI=1S/C21H32N2O4/c1-20(2,3)27-19(26)23-6-4-5-16(12-23)22-18(25)21-9-13-7-14(10-21)17(24)15(8-13)11-21/h13-16H,4-12H2,1-3H3,(H,22,25)/t13?,14?,15?,16-,21?/m0/s1. The molecule has 6 nitrogen and oxygen atoms in total. The van der Waals surface area contributed by atoms with Gasteiger partial charge in [-0.05, 0) is 71.6 Å². The third-order valence-electron chi connectivity index (χ3n) is 6.88. The van der Waals surface area contributed by atoms with Gasteiger partial charge < -0.3 is 15.0 Å². The Labute approximate surface area is 161 Å². The molecule has 0 aromatic carbocycles. The van der Waals surface area contributed by atoms with Crippen LogP contribution in [0.5, 0.6) is 0 Å². The maximum Gasteiger partial charge on any atom is 0.410 e. The largest absolute Gasteiger partial charge is 0.444 e. The van der Waals surface area contributed by atoms with E-state index in [0.29, 0.717) is 24.8 Å². The van der Waals surface area contributed by atoms with E-state index in [1.165, 1.54) is 0 Å². The Kier molecular flexibility index (Phi) is 4.51. The Morgan fingerprint density at radius 1 is 1.15 bits per heavy atom. The van der Waals surface area contributed by atoms with Crippen molar-refractivity contribution in [3.05, 3.63) is 0 Å². The average Bonchev–Trinajstić information content (AvgIpc) is 2.57. The number of hydrogen-bond acceptors (Lipinski definition) is 4. The summed E-state index contributed by atoms with van der Waals surface area (Å²) in [5.74, 6) is 1.27. The molecule has 0 aromatic rings. The molecule has 5 rings (SSSR count). The van der Waals surface area contributed by atoms with Crippen molar-refractivity contribution >= 4 is 17.8 Å². The highest BCUT2D eigenvalue weighted by atomic mass is 16.6. The van der Waals surface area contributed by atoms with Gasteiger partial charge in [-0.2, -0.15) is 0 Å². The van der Waals surface area contributed by atoms with Crippen molar-refractivity contribution in [3.63, 3.8) is 0 Å². The SMILES string of the molecule is CC(C)(C)OC(=O)N1CCC[C@H](NC(=O)C23CC4CC(C2)C(=O)C(C4)C3)C1. The maximum absolute atomic E-state index is 13.2. The minimum atomic E-state index is -0.515. The van der Waals surface area contributed by atoms with Gasteiger partial charge in [0, 0.05) is 31.0 Å². The molecule has 6 heteroatoms. The summed E-state index contributed by atoms with van der Waals surface area (Å²) in [4.78, 5) is 39.7. The summed E-state index contributed by atoms with van der Waals surface area (Å²) < 4.78 is 5.48. The number of ketones is 1. The van der Waals surface area contributed by atoms with Crippen LogP contribution in [0.4, 0.5) is 4.79 Å². The molecule has 1 N–H and O–H groups in total. The molecular weight excluding hydrogens is 344 g/mol. The van der Waals surface area contributed by atoms with E-state index in [2.05, 4.69) is 5.32 Å². The number of hydrogen-bond donors (Lipinski definition) is 1. The molecule has 0 aromatic heterocycles. The van der Waals surface area contributed by atoms with E-state index >= 15 is 0 Å². The highest BCUT2D eigenvalue weighted by Gasteiger charge is 2.58. The van der Waals surface area contributed by atoms with Gasteiger partial charge >= 0.3 is 6.09 Å². The Bertz CT molecular complexity index is 635. The van der Waals surface area contributed by atoms with Crippen molar-refractivity contribution in [1.82, 2.24) is 10.2 Å². The zero-order valence-electron chi connectivity index (χ0n) is 16.8. The Hall–Kier alpha value is -1.59. The Morgan fingerprint density at radius 3 is 2.44 bits per heavy atom. The van der Waals surface area contributed by atoms with E-state index in [9.17, 15) is 14.4 Å². The smallest absolute Gasteiger partial charge is 0.410 e. The zero-order chi connectivity index (χ0) is 19.4. The lowest BCUT2D eigenvalue weighted by Crippen LogP contribution is -2.59. The number of rotatable bonds is 2. The second-order valence-electron chi connectivity index (χ2n) is 10.3. The van der Waals surface area contributed by atoms with E-state index < -0.39 is 5.60 Å². The molecule has 2 unspecified atom stereocenters. The fourth-order valence-corrected chi connectivity index (χ4v) is 5.95. The number of Topliss-reactive ketones (excluding diaryl/α,β-unsaturated/α-hetero) is 1. The molecule has 4 bridgehead atoms. The van der Waals surface area contributed by atoms with Gasteiger partial charge in [-0.1, -0.05) is 0 Å². The second kappa shape index (κ2) is 6.49. The lowest BCUT2D eigenvalue weighted by molar-refractivity contribution is -0.158. The number of carbonyl (C=O) groups excluding carboxylic acids is 3. The first-order chi connectivity index (χ1) is 12.7. The Morgan fingerprint density at radius 2 is 1.81 bits per heavy atom. The molecule has 4 aliphatic carbocycles.